The number of hydrogen-bond acceptors (Lipinski definition) is 1. The molecule has 1 nitrogen and oxygen atoms in total. The Kier molecular flexibility index (Phi) is 4.11. The van der Waals surface area contributed by atoms with Gasteiger partial charge >= 0.3 is 0 Å². The van der Waals surface area contributed by atoms with Crippen molar-refractivity contribution in [3.63, 3.8) is 0 Å². The van der Waals surface area contributed by atoms with Crippen LogP contribution in [0.15, 0.2) is 34.3 Å². The smallest absolute Gasteiger partial charge is 0.162 e. The van der Waals surface area contributed by atoms with E-state index in [-0.39, 0.29) is 18.0 Å². The molecule has 90 valence electrons. The van der Waals surface area contributed by atoms with E-state index in [1.54, 1.807) is 6.07 Å². The van der Waals surface area contributed by atoms with Crippen LogP contribution in [0.25, 0.3) is 0 Å². The Labute approximate surface area is 109 Å². The van der Waals surface area contributed by atoms with E-state index in [1.807, 2.05) is 6.08 Å². The lowest BCUT2D eigenvalue weighted by molar-refractivity contribution is -0.115. The molecular weight excluding hydrogens is 283 g/mol. The maximum atomic E-state index is 13.1. The summed E-state index contributed by atoms with van der Waals surface area (Å²) in [7, 11) is 0. The van der Waals surface area contributed by atoms with Crippen LogP contribution in [0.1, 0.15) is 31.2 Å². The third-order valence-corrected chi connectivity index (χ3v) is 3.78. The highest BCUT2D eigenvalue weighted by Crippen LogP contribution is 2.23. The molecule has 0 heterocycles. The number of carbonyl (C=O) groups is 1. The number of halogens is 2. The van der Waals surface area contributed by atoms with Crippen LogP contribution in [0, 0.1) is 5.82 Å². The fourth-order valence-electron chi connectivity index (χ4n) is 2.06. The van der Waals surface area contributed by atoms with Gasteiger partial charge in [-0.2, -0.15) is 0 Å². The molecule has 0 N–H and O–H groups in total. The first-order chi connectivity index (χ1) is 8.16. The maximum absolute atomic E-state index is 13.1. The van der Waals surface area contributed by atoms with E-state index in [0.717, 1.165) is 34.9 Å². The molecule has 0 bridgehead atoms. The number of Topliss-reactive ketones (excluding diaryl/α,β-unsaturated/α-hetero) is 1. The van der Waals surface area contributed by atoms with Gasteiger partial charge in [0.2, 0.25) is 0 Å². The average molecular weight is 297 g/mol. The van der Waals surface area contributed by atoms with Crippen molar-refractivity contribution in [3.05, 3.63) is 45.7 Å². The first-order valence-corrected chi connectivity index (χ1v) is 6.62. The van der Waals surface area contributed by atoms with Crippen LogP contribution in [-0.2, 0) is 11.2 Å². The van der Waals surface area contributed by atoms with Gasteiger partial charge in [-0.3, -0.25) is 4.79 Å². The number of carbonyl (C=O) groups excluding carboxylic acids is 1. The van der Waals surface area contributed by atoms with E-state index in [0.29, 0.717) is 0 Å². The van der Waals surface area contributed by atoms with Gasteiger partial charge in [-0.05, 0) is 55.0 Å². The standard InChI is InChI=1S/C14H14BrFO/c15-13-7-6-12(16)8-11(13)9-14(17)10-4-2-1-3-5-10/h4,6-8H,1-3,5,9H2. The topological polar surface area (TPSA) is 17.1 Å². The highest BCUT2D eigenvalue weighted by atomic mass is 79.9. The summed E-state index contributed by atoms with van der Waals surface area (Å²) in [6.07, 6.45) is 6.42. The van der Waals surface area contributed by atoms with E-state index in [1.165, 1.54) is 18.6 Å². The number of rotatable bonds is 3. The monoisotopic (exact) mass is 296 g/mol. The lowest BCUT2D eigenvalue weighted by Crippen LogP contribution is -2.09. The molecule has 0 aliphatic heterocycles. The minimum absolute atomic E-state index is 0.121. The lowest BCUT2D eigenvalue weighted by atomic mass is 9.93. The summed E-state index contributed by atoms with van der Waals surface area (Å²) in [6, 6.07) is 4.45. The Morgan fingerprint density at radius 3 is 2.88 bits per heavy atom. The Bertz CT molecular complexity index is 465. The molecule has 1 aromatic rings. The minimum atomic E-state index is -0.298. The Morgan fingerprint density at radius 2 is 2.18 bits per heavy atom. The second kappa shape index (κ2) is 5.58. The van der Waals surface area contributed by atoms with Crippen molar-refractivity contribution in [1.82, 2.24) is 0 Å². The lowest BCUT2D eigenvalue weighted by Gasteiger charge is -2.12. The zero-order chi connectivity index (χ0) is 12.3. The predicted molar refractivity (Wildman–Crippen MR) is 69.4 cm³/mol. The van der Waals surface area contributed by atoms with Gasteiger partial charge in [0.1, 0.15) is 5.82 Å². The molecule has 0 unspecified atom stereocenters. The summed E-state index contributed by atoms with van der Waals surface area (Å²) < 4.78 is 13.9. The Morgan fingerprint density at radius 1 is 1.35 bits per heavy atom. The van der Waals surface area contributed by atoms with Crippen molar-refractivity contribution in [2.45, 2.75) is 32.1 Å². The summed E-state index contributed by atoms with van der Waals surface area (Å²) in [4.78, 5) is 12.0. The maximum Gasteiger partial charge on any atom is 0.162 e. The zero-order valence-corrected chi connectivity index (χ0v) is 11.1. The number of benzene rings is 1. The van der Waals surface area contributed by atoms with Gasteiger partial charge in [0, 0.05) is 10.9 Å². The van der Waals surface area contributed by atoms with Crippen LogP contribution in [-0.4, -0.2) is 5.78 Å². The quantitative estimate of drug-likeness (QED) is 0.817. The largest absolute Gasteiger partial charge is 0.294 e. The first kappa shape index (κ1) is 12.5. The van der Waals surface area contributed by atoms with Crippen LogP contribution in [0.4, 0.5) is 4.39 Å². The van der Waals surface area contributed by atoms with Gasteiger partial charge < -0.3 is 0 Å². The van der Waals surface area contributed by atoms with E-state index in [2.05, 4.69) is 15.9 Å². The molecule has 2 rings (SSSR count). The van der Waals surface area contributed by atoms with Gasteiger partial charge in [-0.1, -0.05) is 22.0 Å². The van der Waals surface area contributed by atoms with E-state index in [4.69, 9.17) is 0 Å². The molecule has 3 heteroatoms. The van der Waals surface area contributed by atoms with Crippen molar-refractivity contribution in [2.75, 3.05) is 0 Å². The molecule has 0 aromatic heterocycles. The molecule has 0 atom stereocenters. The summed E-state index contributed by atoms with van der Waals surface area (Å²) >= 11 is 3.34. The first-order valence-electron chi connectivity index (χ1n) is 5.83. The van der Waals surface area contributed by atoms with Crippen LogP contribution in [0.2, 0.25) is 0 Å². The Balaban J connectivity index is 2.12. The third-order valence-electron chi connectivity index (χ3n) is 3.01. The summed E-state index contributed by atoms with van der Waals surface area (Å²) in [5.74, 6) is -0.176. The van der Waals surface area contributed by atoms with Gasteiger partial charge in [0.25, 0.3) is 0 Å². The fraction of sp³-hybridized carbons (Fsp3) is 0.357. The SMILES string of the molecule is O=C(Cc1cc(F)ccc1Br)C1=CCCCC1. The second-order valence-electron chi connectivity index (χ2n) is 4.31. The average Bonchev–Trinajstić information content (AvgIpc) is 2.35. The van der Waals surface area contributed by atoms with Gasteiger partial charge in [0.05, 0.1) is 0 Å². The molecule has 1 aliphatic rings. The molecular formula is C14H14BrFO. The van der Waals surface area contributed by atoms with Gasteiger partial charge in [-0.25, -0.2) is 4.39 Å². The highest BCUT2D eigenvalue weighted by molar-refractivity contribution is 9.10. The molecule has 0 saturated heterocycles. The van der Waals surface area contributed by atoms with E-state index in [9.17, 15) is 9.18 Å². The van der Waals surface area contributed by atoms with Crippen LogP contribution < -0.4 is 0 Å². The van der Waals surface area contributed by atoms with Gasteiger partial charge in [0.15, 0.2) is 5.78 Å². The summed E-state index contributed by atoms with van der Waals surface area (Å²) in [5, 5.41) is 0. The molecule has 0 amide bonds. The summed E-state index contributed by atoms with van der Waals surface area (Å²) in [6.45, 7) is 0. The van der Waals surface area contributed by atoms with Crippen molar-refractivity contribution in [1.29, 1.82) is 0 Å². The molecule has 0 fully saturated rings. The Hall–Kier alpha value is -0.960. The normalized spacial score (nSPS) is 15.5. The van der Waals surface area contributed by atoms with Crippen LogP contribution >= 0.6 is 15.9 Å². The fourth-order valence-corrected chi connectivity index (χ4v) is 2.44. The van der Waals surface area contributed by atoms with Gasteiger partial charge in [-0.15, -0.1) is 0 Å². The number of allylic oxidation sites excluding steroid dienone is 2. The molecule has 1 aliphatic carbocycles. The third kappa shape index (κ3) is 3.25. The summed E-state index contributed by atoms with van der Waals surface area (Å²) in [5.41, 5.74) is 1.63. The second-order valence-corrected chi connectivity index (χ2v) is 5.17. The molecule has 1 aromatic carbocycles. The van der Waals surface area contributed by atoms with Crippen LogP contribution in [0.5, 0.6) is 0 Å². The molecule has 17 heavy (non-hydrogen) atoms. The zero-order valence-electron chi connectivity index (χ0n) is 9.51. The predicted octanol–water partition coefficient (Wildman–Crippen LogP) is 4.20. The van der Waals surface area contributed by atoms with Crippen molar-refractivity contribution in [2.24, 2.45) is 0 Å². The highest BCUT2D eigenvalue weighted by Gasteiger charge is 2.14. The molecule has 0 spiro atoms. The number of ketones is 1. The van der Waals surface area contributed by atoms with Crippen molar-refractivity contribution in [3.8, 4) is 0 Å². The number of hydrogen-bond donors (Lipinski definition) is 0. The minimum Gasteiger partial charge on any atom is -0.294 e. The molecule has 0 saturated carbocycles. The molecule has 0 radical (unpaired) electrons. The van der Waals surface area contributed by atoms with Crippen molar-refractivity contribution < 1.29 is 9.18 Å². The van der Waals surface area contributed by atoms with Crippen LogP contribution in [0.3, 0.4) is 0 Å². The van der Waals surface area contributed by atoms with E-state index >= 15 is 0 Å². The van der Waals surface area contributed by atoms with Crippen molar-refractivity contribution >= 4 is 21.7 Å². The van der Waals surface area contributed by atoms with E-state index < -0.39 is 0 Å².